The van der Waals surface area contributed by atoms with Gasteiger partial charge < -0.3 is 0 Å². The van der Waals surface area contributed by atoms with Gasteiger partial charge in [0.1, 0.15) is 6.67 Å². The minimum atomic E-state index is 0.218. The van der Waals surface area contributed by atoms with Gasteiger partial charge in [-0.2, -0.15) is 0 Å². The summed E-state index contributed by atoms with van der Waals surface area (Å²) >= 11 is 0. The molecule has 0 aromatic heterocycles. The fourth-order valence-corrected chi connectivity index (χ4v) is 0.152. The van der Waals surface area contributed by atoms with Gasteiger partial charge in [0.15, 0.2) is 0 Å². The maximum atomic E-state index is 11.1. The topological polar surface area (TPSA) is 0 Å². The van der Waals surface area contributed by atoms with E-state index in [4.69, 9.17) is 0 Å². The molecule has 2 radical (unpaired) electrons. The molecule has 0 heterocycles. The Kier molecular flexibility index (Phi) is 3.10. The Labute approximate surface area is 38.4 Å². The van der Waals surface area contributed by atoms with Gasteiger partial charge in [-0.05, 0) is 12.3 Å². The summed E-state index contributed by atoms with van der Waals surface area (Å²) in [6.07, 6.45) is 0.472. The molecule has 0 spiro atoms. The Balaban J connectivity index is 2.63. The van der Waals surface area contributed by atoms with Crippen LogP contribution in [0, 0.1) is 19.5 Å². The molecule has 0 rings (SSSR count). The van der Waals surface area contributed by atoms with Crippen LogP contribution in [-0.2, 0) is 0 Å². The summed E-state index contributed by atoms with van der Waals surface area (Å²) in [6, 6.07) is 0. The summed E-state index contributed by atoms with van der Waals surface area (Å²) in [4.78, 5) is 0. The lowest BCUT2D eigenvalue weighted by Gasteiger charge is -1.93. The third kappa shape index (κ3) is 3.93. The van der Waals surface area contributed by atoms with E-state index in [9.17, 15) is 4.39 Å². The molecule has 1 unspecified atom stereocenters. The zero-order valence-corrected chi connectivity index (χ0v) is 3.95. The smallest absolute Gasteiger partial charge is 0.131 e. The molecule has 0 saturated heterocycles. The minimum absolute atomic E-state index is 0.218. The van der Waals surface area contributed by atoms with Gasteiger partial charge >= 0.3 is 0 Å². The number of hydrogen-bond acceptors (Lipinski definition) is 0. The van der Waals surface area contributed by atoms with Crippen LogP contribution in [0.2, 0.25) is 0 Å². The average Bonchev–Trinajstić information content (AvgIpc) is 1.35. The molecule has 6 heavy (non-hydrogen) atoms. The first-order valence-corrected chi connectivity index (χ1v) is 2.02. The first-order valence-electron chi connectivity index (χ1n) is 2.02. The predicted molar refractivity (Wildman–Crippen MR) is 24.5 cm³/mol. The maximum absolute atomic E-state index is 11.1. The van der Waals surface area contributed by atoms with E-state index in [1.165, 1.54) is 0 Å². The highest BCUT2D eigenvalue weighted by Gasteiger charge is 1.89. The molecule has 0 N–H and O–H groups in total. The normalized spacial score (nSPS) is 10.0. The second kappa shape index (κ2) is 3.13. The van der Waals surface area contributed by atoms with E-state index >= 15 is 0 Å². The summed E-state index contributed by atoms with van der Waals surface area (Å²) in [5.74, 6) is 0.218. The van der Waals surface area contributed by atoms with Gasteiger partial charge in [0, 0.05) is 0 Å². The second-order valence-corrected chi connectivity index (χ2v) is 1.50. The maximum Gasteiger partial charge on any atom is 0.131 e. The van der Waals surface area contributed by atoms with Crippen LogP contribution in [-0.4, -0.2) is 0 Å². The molecule has 0 nitrogen and oxygen atoms in total. The van der Waals surface area contributed by atoms with E-state index in [1.807, 2.05) is 6.92 Å². The van der Waals surface area contributed by atoms with E-state index in [0.717, 1.165) is 0 Å². The molecule has 0 saturated carbocycles. The lowest BCUT2D eigenvalue weighted by molar-refractivity contribution is 0.528. The molecule has 0 aromatic rings. The summed E-state index contributed by atoms with van der Waals surface area (Å²) < 4.78 is 11.1. The highest BCUT2D eigenvalue weighted by molar-refractivity contribution is 4.57. The molecule has 0 bridgehead atoms. The molecule has 0 aliphatic rings. The van der Waals surface area contributed by atoms with Crippen LogP contribution in [0.5, 0.6) is 0 Å². The highest BCUT2D eigenvalue weighted by Crippen LogP contribution is 2.00. The fourth-order valence-electron chi connectivity index (χ4n) is 0.152. The summed E-state index contributed by atoms with van der Waals surface area (Å²) in [6.45, 7) is 6.06. The SMILES string of the molecule is [CH2]C(C)C[CH]F. The van der Waals surface area contributed by atoms with Crippen LogP contribution in [0.15, 0.2) is 0 Å². The Bertz CT molecular complexity index is 25.1. The monoisotopic (exact) mass is 88.1 g/mol. The van der Waals surface area contributed by atoms with E-state index in [2.05, 4.69) is 6.92 Å². The zero-order valence-electron chi connectivity index (χ0n) is 3.95. The lowest BCUT2D eigenvalue weighted by Crippen LogP contribution is -1.82. The molecular weight excluding hydrogens is 79.1 g/mol. The predicted octanol–water partition coefficient (Wildman–Crippen LogP) is 1.98. The molecule has 0 aromatic carbocycles. The summed E-state index contributed by atoms with van der Waals surface area (Å²) in [5.41, 5.74) is 0. The van der Waals surface area contributed by atoms with Crippen molar-refractivity contribution >= 4 is 0 Å². The first kappa shape index (κ1) is 5.93. The van der Waals surface area contributed by atoms with Crippen LogP contribution in [0.1, 0.15) is 13.3 Å². The highest BCUT2D eigenvalue weighted by atomic mass is 19.1. The zero-order chi connectivity index (χ0) is 4.99. The Morgan fingerprint density at radius 2 is 2.50 bits per heavy atom. The standard InChI is InChI=1S/C5H9F/c1-5(2)3-4-6/h4-5H,1,3H2,2H3. The van der Waals surface area contributed by atoms with Gasteiger partial charge in [0.05, 0.1) is 0 Å². The van der Waals surface area contributed by atoms with Crippen molar-refractivity contribution in [2.24, 2.45) is 5.92 Å². The molecule has 0 amide bonds. The summed E-state index contributed by atoms with van der Waals surface area (Å²) in [5, 5.41) is 0. The minimum Gasteiger partial charge on any atom is -0.244 e. The van der Waals surface area contributed by atoms with Crippen LogP contribution in [0.4, 0.5) is 4.39 Å². The second-order valence-electron chi connectivity index (χ2n) is 1.50. The van der Waals surface area contributed by atoms with Crippen LogP contribution < -0.4 is 0 Å². The van der Waals surface area contributed by atoms with Gasteiger partial charge in [0.25, 0.3) is 0 Å². The number of hydrogen-bond donors (Lipinski definition) is 0. The Hall–Kier alpha value is -0.0700. The third-order valence-corrected chi connectivity index (χ3v) is 0.491. The van der Waals surface area contributed by atoms with Gasteiger partial charge in [-0.15, -0.1) is 0 Å². The third-order valence-electron chi connectivity index (χ3n) is 0.491. The molecule has 0 aliphatic heterocycles. The molecule has 36 valence electrons. The van der Waals surface area contributed by atoms with Crippen molar-refractivity contribution in [1.82, 2.24) is 0 Å². The van der Waals surface area contributed by atoms with Crippen LogP contribution >= 0.6 is 0 Å². The molecular formula is C5H9F. The van der Waals surface area contributed by atoms with Gasteiger partial charge in [-0.3, -0.25) is 0 Å². The van der Waals surface area contributed by atoms with Crippen molar-refractivity contribution in [3.8, 4) is 0 Å². The molecule has 1 atom stereocenters. The first-order chi connectivity index (χ1) is 2.77. The Morgan fingerprint density at radius 1 is 2.00 bits per heavy atom. The van der Waals surface area contributed by atoms with Crippen molar-refractivity contribution in [1.29, 1.82) is 0 Å². The molecule has 0 fully saturated rings. The molecule has 0 aliphatic carbocycles. The van der Waals surface area contributed by atoms with Gasteiger partial charge in [0.2, 0.25) is 0 Å². The van der Waals surface area contributed by atoms with Crippen molar-refractivity contribution < 1.29 is 4.39 Å². The van der Waals surface area contributed by atoms with Gasteiger partial charge in [-0.25, -0.2) is 4.39 Å². The summed E-state index contributed by atoms with van der Waals surface area (Å²) in [7, 11) is 0. The van der Waals surface area contributed by atoms with Crippen molar-refractivity contribution in [3.05, 3.63) is 13.6 Å². The quantitative estimate of drug-likeness (QED) is 0.484. The van der Waals surface area contributed by atoms with E-state index < -0.39 is 0 Å². The lowest BCUT2D eigenvalue weighted by atomic mass is 10.2. The molecule has 1 heteroatoms. The van der Waals surface area contributed by atoms with Crippen LogP contribution in [0.3, 0.4) is 0 Å². The Morgan fingerprint density at radius 3 is 2.50 bits per heavy atom. The average molecular weight is 88.1 g/mol. The van der Waals surface area contributed by atoms with Gasteiger partial charge in [-0.1, -0.05) is 13.8 Å². The fraction of sp³-hybridized carbons (Fsp3) is 0.600. The largest absolute Gasteiger partial charge is 0.244 e. The van der Waals surface area contributed by atoms with E-state index in [0.29, 0.717) is 13.1 Å². The number of rotatable bonds is 2. The van der Waals surface area contributed by atoms with E-state index in [1.54, 1.807) is 0 Å². The van der Waals surface area contributed by atoms with Crippen molar-refractivity contribution in [3.63, 3.8) is 0 Å². The van der Waals surface area contributed by atoms with E-state index in [-0.39, 0.29) is 5.92 Å². The van der Waals surface area contributed by atoms with Crippen LogP contribution in [0.25, 0.3) is 0 Å². The number of halogens is 1. The van der Waals surface area contributed by atoms with Crippen molar-refractivity contribution in [2.45, 2.75) is 13.3 Å². The van der Waals surface area contributed by atoms with Crippen molar-refractivity contribution in [2.75, 3.05) is 0 Å².